The van der Waals surface area contributed by atoms with Crippen molar-refractivity contribution in [1.29, 1.82) is 0 Å². The molecule has 4 nitrogen and oxygen atoms in total. The van der Waals surface area contributed by atoms with Crippen LogP contribution in [0.25, 0.3) is 0 Å². The van der Waals surface area contributed by atoms with Crippen LogP contribution in [0.1, 0.15) is 17.3 Å². The molecule has 16 heavy (non-hydrogen) atoms. The molecule has 0 bridgehead atoms. The van der Waals surface area contributed by atoms with Gasteiger partial charge in [0.05, 0.1) is 6.04 Å². The summed E-state index contributed by atoms with van der Waals surface area (Å²) in [5, 5.41) is 10.3. The van der Waals surface area contributed by atoms with Crippen LogP contribution in [-0.4, -0.2) is 16.8 Å². The number of H-pyrrole nitrogens is 1. The molecule has 1 aromatic heterocycles. The van der Waals surface area contributed by atoms with Crippen LogP contribution in [0.3, 0.4) is 0 Å². The van der Waals surface area contributed by atoms with Crippen molar-refractivity contribution in [2.24, 2.45) is 0 Å². The molecule has 82 valence electrons. The molecule has 1 aliphatic heterocycles. The predicted octanol–water partition coefficient (Wildman–Crippen LogP) is 1.63. The number of aromatic nitrogens is 2. The molecule has 2 aromatic rings. The average molecular weight is 215 g/mol. The lowest BCUT2D eigenvalue weighted by Gasteiger charge is -2.10. The first-order valence-electron chi connectivity index (χ1n) is 5.37. The Bertz CT molecular complexity index is 467. The minimum atomic E-state index is 0.277. The molecule has 0 saturated heterocycles. The Morgan fingerprint density at radius 3 is 3.19 bits per heavy atom. The van der Waals surface area contributed by atoms with Crippen molar-refractivity contribution < 1.29 is 4.74 Å². The van der Waals surface area contributed by atoms with Gasteiger partial charge in [0, 0.05) is 24.0 Å². The molecule has 2 N–H and O–H groups in total. The Morgan fingerprint density at radius 1 is 1.38 bits per heavy atom. The Balaban J connectivity index is 1.69. The molecule has 3 rings (SSSR count). The van der Waals surface area contributed by atoms with E-state index < -0.39 is 0 Å². The first kappa shape index (κ1) is 9.42. The van der Waals surface area contributed by atoms with E-state index in [0.29, 0.717) is 6.61 Å². The number of nitrogens with one attached hydrogen (secondary N) is 2. The third-order valence-electron chi connectivity index (χ3n) is 2.80. The zero-order valence-electron chi connectivity index (χ0n) is 8.81. The van der Waals surface area contributed by atoms with Crippen LogP contribution in [-0.2, 0) is 6.54 Å². The fraction of sp³-hybridized carbons (Fsp3) is 0.250. The molecule has 4 heteroatoms. The number of benzene rings is 1. The number of nitrogens with zero attached hydrogens (tertiary/aromatic N) is 1. The highest BCUT2D eigenvalue weighted by atomic mass is 16.5. The van der Waals surface area contributed by atoms with Gasteiger partial charge in [-0.15, -0.1) is 0 Å². The summed E-state index contributed by atoms with van der Waals surface area (Å²) in [6, 6.07) is 10.4. The standard InChI is InChI=1S/C12H13N3O/c1-2-4-12-10(3-1)11(8-16-12)13-7-9-5-6-14-15-9/h1-6,11,13H,7-8H2,(H,14,15). The molecule has 2 heterocycles. The van der Waals surface area contributed by atoms with Gasteiger partial charge in [-0.25, -0.2) is 0 Å². The van der Waals surface area contributed by atoms with E-state index in [1.807, 2.05) is 24.3 Å². The van der Waals surface area contributed by atoms with Gasteiger partial charge in [-0.1, -0.05) is 18.2 Å². The summed E-state index contributed by atoms with van der Waals surface area (Å²) < 4.78 is 5.59. The quantitative estimate of drug-likeness (QED) is 0.818. The average Bonchev–Trinajstić information content (AvgIpc) is 2.96. The highest BCUT2D eigenvalue weighted by Crippen LogP contribution is 2.31. The van der Waals surface area contributed by atoms with E-state index in [1.54, 1.807) is 6.20 Å². The third kappa shape index (κ3) is 1.67. The second kappa shape index (κ2) is 3.98. The molecule has 0 aliphatic carbocycles. The minimum Gasteiger partial charge on any atom is -0.491 e. The Hall–Kier alpha value is -1.81. The van der Waals surface area contributed by atoms with Crippen molar-refractivity contribution in [2.45, 2.75) is 12.6 Å². The van der Waals surface area contributed by atoms with Gasteiger partial charge in [-0.2, -0.15) is 5.10 Å². The van der Waals surface area contributed by atoms with Crippen LogP contribution in [0.2, 0.25) is 0 Å². The highest BCUT2D eigenvalue weighted by molar-refractivity contribution is 5.39. The lowest BCUT2D eigenvalue weighted by molar-refractivity contribution is 0.310. The van der Waals surface area contributed by atoms with Gasteiger partial charge in [0.15, 0.2) is 0 Å². The molecule has 1 aliphatic rings. The van der Waals surface area contributed by atoms with Crippen molar-refractivity contribution in [3.63, 3.8) is 0 Å². The van der Waals surface area contributed by atoms with E-state index in [0.717, 1.165) is 18.0 Å². The topological polar surface area (TPSA) is 49.9 Å². The van der Waals surface area contributed by atoms with E-state index in [4.69, 9.17) is 4.74 Å². The van der Waals surface area contributed by atoms with E-state index in [2.05, 4.69) is 21.6 Å². The van der Waals surface area contributed by atoms with Gasteiger partial charge < -0.3 is 10.1 Å². The van der Waals surface area contributed by atoms with Crippen molar-refractivity contribution >= 4 is 0 Å². The number of hydrogen-bond donors (Lipinski definition) is 2. The molecule has 0 radical (unpaired) electrons. The number of para-hydroxylation sites is 1. The molecule has 1 unspecified atom stereocenters. The summed E-state index contributed by atoms with van der Waals surface area (Å²) in [5.41, 5.74) is 2.33. The van der Waals surface area contributed by atoms with Gasteiger partial charge in [-0.3, -0.25) is 5.10 Å². The summed E-state index contributed by atoms with van der Waals surface area (Å²) in [6.45, 7) is 1.48. The Labute approximate surface area is 93.6 Å². The fourth-order valence-corrected chi connectivity index (χ4v) is 1.95. The SMILES string of the molecule is c1ccc2c(c1)OCC2NCc1ccn[nH]1. The van der Waals surface area contributed by atoms with Crippen LogP contribution < -0.4 is 10.1 Å². The third-order valence-corrected chi connectivity index (χ3v) is 2.80. The number of aromatic amines is 1. The summed E-state index contributed by atoms with van der Waals surface area (Å²) in [7, 11) is 0. The largest absolute Gasteiger partial charge is 0.491 e. The highest BCUT2D eigenvalue weighted by Gasteiger charge is 2.22. The van der Waals surface area contributed by atoms with Gasteiger partial charge in [0.2, 0.25) is 0 Å². The zero-order valence-corrected chi connectivity index (χ0v) is 8.81. The maximum Gasteiger partial charge on any atom is 0.124 e. The van der Waals surface area contributed by atoms with Crippen LogP contribution in [0.4, 0.5) is 0 Å². The second-order valence-electron chi connectivity index (χ2n) is 3.86. The summed E-state index contributed by atoms with van der Waals surface area (Å²) in [6.07, 6.45) is 1.76. The molecule has 1 atom stereocenters. The van der Waals surface area contributed by atoms with Crippen molar-refractivity contribution in [3.05, 3.63) is 47.8 Å². The lowest BCUT2D eigenvalue weighted by Crippen LogP contribution is -2.22. The van der Waals surface area contributed by atoms with Crippen molar-refractivity contribution in [2.75, 3.05) is 6.61 Å². The van der Waals surface area contributed by atoms with E-state index in [-0.39, 0.29) is 6.04 Å². The fourth-order valence-electron chi connectivity index (χ4n) is 1.95. The lowest BCUT2D eigenvalue weighted by atomic mass is 10.1. The minimum absolute atomic E-state index is 0.277. The smallest absolute Gasteiger partial charge is 0.124 e. The number of rotatable bonds is 3. The zero-order chi connectivity index (χ0) is 10.8. The van der Waals surface area contributed by atoms with Crippen molar-refractivity contribution in [1.82, 2.24) is 15.5 Å². The van der Waals surface area contributed by atoms with E-state index in [1.165, 1.54) is 5.56 Å². The summed E-state index contributed by atoms with van der Waals surface area (Å²) in [4.78, 5) is 0. The summed E-state index contributed by atoms with van der Waals surface area (Å²) >= 11 is 0. The van der Waals surface area contributed by atoms with Gasteiger partial charge in [0.25, 0.3) is 0 Å². The normalized spacial score (nSPS) is 18.1. The Morgan fingerprint density at radius 2 is 2.31 bits per heavy atom. The summed E-state index contributed by atoms with van der Waals surface area (Å²) in [5.74, 6) is 0.990. The first-order valence-corrected chi connectivity index (χ1v) is 5.37. The van der Waals surface area contributed by atoms with Gasteiger partial charge in [-0.05, 0) is 12.1 Å². The molecular weight excluding hydrogens is 202 g/mol. The van der Waals surface area contributed by atoms with Gasteiger partial charge >= 0.3 is 0 Å². The van der Waals surface area contributed by atoms with Crippen LogP contribution >= 0.6 is 0 Å². The number of fused-ring (bicyclic) bond motifs is 1. The van der Waals surface area contributed by atoms with Crippen LogP contribution in [0.15, 0.2) is 36.5 Å². The first-order chi connectivity index (χ1) is 7.93. The van der Waals surface area contributed by atoms with E-state index in [9.17, 15) is 0 Å². The number of ether oxygens (including phenoxy) is 1. The van der Waals surface area contributed by atoms with E-state index >= 15 is 0 Å². The predicted molar refractivity (Wildman–Crippen MR) is 60.1 cm³/mol. The second-order valence-corrected chi connectivity index (χ2v) is 3.86. The van der Waals surface area contributed by atoms with Crippen LogP contribution in [0, 0.1) is 0 Å². The molecule has 0 fully saturated rings. The van der Waals surface area contributed by atoms with Crippen LogP contribution in [0.5, 0.6) is 5.75 Å². The molecule has 0 amide bonds. The maximum absolute atomic E-state index is 5.59. The van der Waals surface area contributed by atoms with Gasteiger partial charge in [0.1, 0.15) is 12.4 Å². The molecular formula is C12H13N3O. The number of hydrogen-bond acceptors (Lipinski definition) is 3. The molecule has 1 aromatic carbocycles. The monoisotopic (exact) mass is 215 g/mol. The molecule has 0 saturated carbocycles. The Kier molecular flexibility index (Phi) is 2.34. The molecule has 0 spiro atoms. The maximum atomic E-state index is 5.59. The van der Waals surface area contributed by atoms with Crippen molar-refractivity contribution in [3.8, 4) is 5.75 Å².